The van der Waals surface area contributed by atoms with Crippen molar-refractivity contribution in [3.8, 4) is 10.4 Å². The molecule has 168 valence electrons. The summed E-state index contributed by atoms with van der Waals surface area (Å²) in [7, 11) is -3.67. The van der Waals surface area contributed by atoms with Crippen molar-refractivity contribution in [1.82, 2.24) is 19.2 Å². The molecule has 0 bridgehead atoms. The van der Waals surface area contributed by atoms with E-state index in [0.29, 0.717) is 24.1 Å². The van der Waals surface area contributed by atoms with Crippen molar-refractivity contribution in [3.05, 3.63) is 70.9 Å². The molecular formula is C24H22N4O3S2. The molecule has 33 heavy (non-hydrogen) atoms. The number of H-pyrrole nitrogens is 1. The number of hydrogen-bond acceptors (Lipinski definition) is 5. The summed E-state index contributed by atoms with van der Waals surface area (Å²) in [6.07, 6.45) is 5.06. The lowest BCUT2D eigenvalue weighted by Gasteiger charge is -2.33. The number of pyridine rings is 1. The fourth-order valence-electron chi connectivity index (χ4n) is 4.75. The van der Waals surface area contributed by atoms with E-state index in [4.69, 9.17) is 0 Å². The molecule has 1 aliphatic heterocycles. The Morgan fingerprint density at radius 3 is 2.64 bits per heavy atom. The molecule has 0 saturated carbocycles. The first kappa shape index (κ1) is 20.6. The van der Waals surface area contributed by atoms with Crippen molar-refractivity contribution >= 4 is 38.3 Å². The first-order chi connectivity index (χ1) is 16.0. The molecule has 0 atom stereocenters. The molecule has 9 heteroatoms. The van der Waals surface area contributed by atoms with Crippen LogP contribution >= 0.6 is 11.3 Å². The number of benzene rings is 1. The Bertz CT molecular complexity index is 1480. The molecule has 1 aliphatic carbocycles. The second kappa shape index (κ2) is 7.79. The maximum absolute atomic E-state index is 13.2. The van der Waals surface area contributed by atoms with Crippen LogP contribution in [-0.4, -0.2) is 59.7 Å². The maximum atomic E-state index is 13.2. The van der Waals surface area contributed by atoms with Gasteiger partial charge in [-0.1, -0.05) is 24.3 Å². The molecular weight excluding hydrogens is 456 g/mol. The molecule has 1 amide bonds. The zero-order valence-electron chi connectivity index (χ0n) is 17.8. The minimum atomic E-state index is -3.67. The topological polar surface area (TPSA) is 86.4 Å². The van der Waals surface area contributed by atoms with Gasteiger partial charge >= 0.3 is 0 Å². The zero-order valence-corrected chi connectivity index (χ0v) is 19.5. The molecule has 7 nitrogen and oxygen atoms in total. The van der Waals surface area contributed by atoms with Crippen molar-refractivity contribution < 1.29 is 13.2 Å². The van der Waals surface area contributed by atoms with Gasteiger partial charge in [-0.25, -0.2) is 13.4 Å². The van der Waals surface area contributed by atoms with E-state index in [1.165, 1.54) is 32.1 Å². The minimum absolute atomic E-state index is 0.0137. The molecule has 6 rings (SSSR count). The van der Waals surface area contributed by atoms with Crippen LogP contribution in [0, 0.1) is 0 Å². The SMILES string of the molecule is O=C(c1cc2c(s1)-c1ccccc1CC2)N1CCN(S(=O)(=O)c2c[nH]c3ncccc23)CC1. The van der Waals surface area contributed by atoms with E-state index in [9.17, 15) is 13.2 Å². The van der Waals surface area contributed by atoms with Crippen LogP contribution in [-0.2, 0) is 22.9 Å². The molecule has 0 radical (unpaired) electrons. The number of aromatic amines is 1. The number of aromatic nitrogens is 2. The normalized spacial score (nSPS) is 16.5. The number of nitrogens with zero attached hydrogens (tertiary/aromatic N) is 3. The molecule has 4 heterocycles. The van der Waals surface area contributed by atoms with E-state index >= 15 is 0 Å². The molecule has 1 N–H and O–H groups in total. The third kappa shape index (κ3) is 3.38. The number of fused-ring (bicyclic) bond motifs is 4. The van der Waals surface area contributed by atoms with Crippen molar-refractivity contribution in [3.63, 3.8) is 0 Å². The van der Waals surface area contributed by atoms with Gasteiger partial charge in [0.25, 0.3) is 5.91 Å². The van der Waals surface area contributed by atoms with Gasteiger partial charge < -0.3 is 9.88 Å². The summed E-state index contributed by atoms with van der Waals surface area (Å²) < 4.78 is 27.9. The smallest absolute Gasteiger partial charge is 0.264 e. The number of sulfonamides is 1. The van der Waals surface area contributed by atoms with E-state index < -0.39 is 10.0 Å². The predicted molar refractivity (Wildman–Crippen MR) is 128 cm³/mol. The van der Waals surface area contributed by atoms with Crippen LogP contribution < -0.4 is 0 Å². The first-order valence-corrected chi connectivity index (χ1v) is 13.2. The number of piperazine rings is 1. The van der Waals surface area contributed by atoms with Crippen LogP contribution in [0.3, 0.4) is 0 Å². The van der Waals surface area contributed by atoms with Gasteiger partial charge in [0.2, 0.25) is 10.0 Å². The molecule has 4 aromatic rings. The summed E-state index contributed by atoms with van der Waals surface area (Å²) in [5.41, 5.74) is 4.34. The average Bonchev–Trinajstić information content (AvgIpc) is 3.49. The Morgan fingerprint density at radius 2 is 1.79 bits per heavy atom. The highest BCUT2D eigenvalue weighted by atomic mass is 32.2. The molecule has 3 aromatic heterocycles. The third-order valence-electron chi connectivity index (χ3n) is 6.50. The number of rotatable bonds is 3. The van der Waals surface area contributed by atoms with E-state index in [-0.39, 0.29) is 23.9 Å². The van der Waals surface area contributed by atoms with Gasteiger partial charge in [-0.2, -0.15) is 4.31 Å². The van der Waals surface area contributed by atoms with Crippen molar-refractivity contribution in [2.24, 2.45) is 0 Å². The Morgan fingerprint density at radius 1 is 1.00 bits per heavy atom. The highest BCUT2D eigenvalue weighted by Gasteiger charge is 2.33. The summed E-state index contributed by atoms with van der Waals surface area (Å²) in [6.45, 7) is 1.29. The number of aryl methyl sites for hydroxylation is 2. The molecule has 2 aliphatic rings. The van der Waals surface area contributed by atoms with Crippen LogP contribution in [0.5, 0.6) is 0 Å². The second-order valence-electron chi connectivity index (χ2n) is 8.37. The van der Waals surface area contributed by atoms with Crippen LogP contribution in [0.4, 0.5) is 0 Å². The Kier molecular flexibility index (Phi) is 4.86. The number of carbonyl (C=O) groups excluding carboxylic acids is 1. The van der Waals surface area contributed by atoms with Gasteiger partial charge in [0, 0.05) is 48.8 Å². The van der Waals surface area contributed by atoms with Crippen LogP contribution in [0.2, 0.25) is 0 Å². The standard InChI is InChI=1S/C24H22N4O3S2/c29-24(20-14-17-8-7-16-4-1-2-5-18(16)22(17)32-20)27-10-12-28(13-11-27)33(30,31)21-15-26-23-19(21)6-3-9-25-23/h1-6,9,14-15H,7-8,10-13H2,(H,25,26). The third-order valence-corrected chi connectivity index (χ3v) is 9.64. The van der Waals surface area contributed by atoms with Gasteiger partial charge in [-0.3, -0.25) is 4.79 Å². The van der Waals surface area contributed by atoms with E-state index in [1.54, 1.807) is 34.6 Å². The van der Waals surface area contributed by atoms with Gasteiger partial charge in [-0.15, -0.1) is 11.3 Å². The lowest BCUT2D eigenvalue weighted by atomic mass is 9.91. The molecule has 1 fully saturated rings. The minimum Gasteiger partial charge on any atom is -0.345 e. The largest absolute Gasteiger partial charge is 0.345 e. The van der Waals surface area contributed by atoms with E-state index in [0.717, 1.165) is 17.7 Å². The number of hydrogen-bond donors (Lipinski definition) is 1. The highest BCUT2D eigenvalue weighted by Crippen LogP contribution is 2.40. The van der Waals surface area contributed by atoms with Gasteiger partial charge in [0.15, 0.2) is 0 Å². The zero-order chi connectivity index (χ0) is 22.6. The number of amides is 1. The van der Waals surface area contributed by atoms with E-state index in [1.807, 2.05) is 12.1 Å². The summed E-state index contributed by atoms with van der Waals surface area (Å²) in [4.78, 5) is 24.3. The van der Waals surface area contributed by atoms with Crippen molar-refractivity contribution in [2.45, 2.75) is 17.7 Å². The summed E-state index contributed by atoms with van der Waals surface area (Å²) in [5, 5.41) is 0.584. The molecule has 0 spiro atoms. The summed E-state index contributed by atoms with van der Waals surface area (Å²) in [5.74, 6) is -0.0137. The van der Waals surface area contributed by atoms with Crippen LogP contribution in [0.25, 0.3) is 21.5 Å². The van der Waals surface area contributed by atoms with Gasteiger partial charge in [0.05, 0.1) is 4.88 Å². The van der Waals surface area contributed by atoms with Crippen molar-refractivity contribution in [2.75, 3.05) is 26.2 Å². The van der Waals surface area contributed by atoms with Gasteiger partial charge in [0.1, 0.15) is 10.5 Å². The van der Waals surface area contributed by atoms with Gasteiger partial charge in [-0.05, 0) is 47.7 Å². The molecule has 0 unspecified atom stereocenters. The Balaban J connectivity index is 1.19. The Labute approximate surface area is 195 Å². The quantitative estimate of drug-likeness (QED) is 0.488. The maximum Gasteiger partial charge on any atom is 0.264 e. The highest BCUT2D eigenvalue weighted by molar-refractivity contribution is 7.89. The number of nitrogens with one attached hydrogen (secondary N) is 1. The fraction of sp³-hybridized carbons (Fsp3) is 0.250. The Hall–Kier alpha value is -3.01. The lowest BCUT2D eigenvalue weighted by molar-refractivity contribution is 0.0702. The fourth-order valence-corrected chi connectivity index (χ4v) is 7.56. The number of thiophene rings is 1. The average molecular weight is 479 g/mol. The first-order valence-electron chi connectivity index (χ1n) is 10.9. The molecule has 1 saturated heterocycles. The number of carbonyl (C=O) groups is 1. The molecule has 1 aromatic carbocycles. The van der Waals surface area contributed by atoms with Crippen LogP contribution in [0.1, 0.15) is 20.8 Å². The van der Waals surface area contributed by atoms with Crippen molar-refractivity contribution in [1.29, 1.82) is 0 Å². The summed E-state index contributed by atoms with van der Waals surface area (Å²) in [6, 6.07) is 13.9. The summed E-state index contributed by atoms with van der Waals surface area (Å²) >= 11 is 1.55. The van der Waals surface area contributed by atoms with E-state index in [2.05, 4.69) is 28.2 Å². The predicted octanol–water partition coefficient (Wildman–Crippen LogP) is 3.54. The van der Waals surface area contributed by atoms with Crippen LogP contribution in [0.15, 0.2) is 59.8 Å². The second-order valence-corrected chi connectivity index (χ2v) is 11.3. The lowest BCUT2D eigenvalue weighted by Crippen LogP contribution is -2.50. The monoisotopic (exact) mass is 478 g/mol.